The average molecular weight is 349 g/mol. The summed E-state index contributed by atoms with van der Waals surface area (Å²) >= 11 is 0. The molecule has 1 atom stereocenters. The van der Waals surface area contributed by atoms with Gasteiger partial charge in [-0.1, -0.05) is 12.1 Å². The van der Waals surface area contributed by atoms with Crippen molar-refractivity contribution >= 4 is 10.0 Å². The van der Waals surface area contributed by atoms with Crippen LogP contribution < -0.4 is 14.2 Å². The van der Waals surface area contributed by atoms with E-state index in [1.807, 2.05) is 26.0 Å². The minimum atomic E-state index is -3.61. The van der Waals surface area contributed by atoms with Gasteiger partial charge in [0.1, 0.15) is 11.5 Å². The van der Waals surface area contributed by atoms with Gasteiger partial charge in [0.2, 0.25) is 10.0 Å². The van der Waals surface area contributed by atoms with Crippen molar-refractivity contribution in [3.8, 4) is 11.5 Å². The molecule has 0 saturated carbocycles. The topological polar surface area (TPSA) is 64.6 Å². The molecule has 0 aliphatic rings. The Morgan fingerprint density at radius 1 is 1.12 bits per heavy atom. The lowest BCUT2D eigenvalue weighted by molar-refractivity contribution is 0.337. The Kier molecular flexibility index (Phi) is 5.85. The number of methoxy groups -OCH3 is 1. The maximum Gasteiger partial charge on any atom is 0.241 e. The zero-order chi connectivity index (χ0) is 17.7. The monoisotopic (exact) mass is 349 g/mol. The summed E-state index contributed by atoms with van der Waals surface area (Å²) < 4.78 is 38.4. The van der Waals surface area contributed by atoms with Gasteiger partial charge >= 0.3 is 0 Å². The molecule has 2 aromatic carbocycles. The van der Waals surface area contributed by atoms with Gasteiger partial charge in [-0.3, -0.25) is 0 Å². The highest BCUT2D eigenvalue weighted by Gasteiger charge is 2.19. The summed E-state index contributed by atoms with van der Waals surface area (Å²) in [6.07, 6.45) is 0. The Morgan fingerprint density at radius 3 is 2.33 bits per heavy atom. The average Bonchev–Trinajstić information content (AvgIpc) is 2.56. The van der Waals surface area contributed by atoms with E-state index in [9.17, 15) is 8.42 Å². The Labute approximate surface area is 143 Å². The van der Waals surface area contributed by atoms with Gasteiger partial charge in [0.25, 0.3) is 0 Å². The number of aryl methyl sites for hydroxylation is 1. The van der Waals surface area contributed by atoms with Crippen molar-refractivity contribution in [1.82, 2.24) is 4.72 Å². The van der Waals surface area contributed by atoms with Gasteiger partial charge in [-0.15, -0.1) is 0 Å². The van der Waals surface area contributed by atoms with Gasteiger partial charge < -0.3 is 9.47 Å². The van der Waals surface area contributed by atoms with Gasteiger partial charge in [-0.2, -0.15) is 0 Å². The van der Waals surface area contributed by atoms with Gasteiger partial charge in [-0.05, 0) is 62.2 Å². The standard InChI is InChI=1S/C18H23NO4S/c1-5-23-18-11-10-17(12-13(18)2)24(20,21)19-14(3)15-6-8-16(22-4)9-7-15/h6-12,14,19H,5H2,1-4H3. The second-order valence-corrected chi connectivity index (χ2v) is 7.19. The first-order valence-corrected chi connectivity index (χ1v) is 9.25. The predicted molar refractivity (Wildman–Crippen MR) is 94.1 cm³/mol. The molecule has 1 N–H and O–H groups in total. The second kappa shape index (κ2) is 7.68. The summed E-state index contributed by atoms with van der Waals surface area (Å²) in [4.78, 5) is 0.226. The first kappa shape index (κ1) is 18.3. The first-order chi connectivity index (χ1) is 11.4. The molecule has 0 radical (unpaired) electrons. The third kappa shape index (κ3) is 4.27. The quantitative estimate of drug-likeness (QED) is 0.832. The molecule has 1 unspecified atom stereocenters. The first-order valence-electron chi connectivity index (χ1n) is 7.77. The van der Waals surface area contributed by atoms with E-state index in [-0.39, 0.29) is 10.9 Å². The largest absolute Gasteiger partial charge is 0.497 e. The molecule has 2 rings (SSSR count). The molecule has 0 saturated heterocycles. The SMILES string of the molecule is CCOc1ccc(S(=O)(=O)NC(C)c2ccc(OC)cc2)cc1C. The molecule has 0 bridgehead atoms. The molecule has 0 amide bonds. The van der Waals surface area contributed by atoms with Crippen LogP contribution >= 0.6 is 0 Å². The Hall–Kier alpha value is -2.05. The minimum Gasteiger partial charge on any atom is -0.497 e. The predicted octanol–water partition coefficient (Wildman–Crippen LogP) is 3.44. The van der Waals surface area contributed by atoms with Gasteiger partial charge in [0, 0.05) is 6.04 Å². The van der Waals surface area contributed by atoms with Crippen molar-refractivity contribution in [1.29, 1.82) is 0 Å². The fourth-order valence-corrected chi connectivity index (χ4v) is 3.68. The summed E-state index contributed by atoms with van der Waals surface area (Å²) in [6.45, 7) is 6.07. The highest BCUT2D eigenvalue weighted by molar-refractivity contribution is 7.89. The van der Waals surface area contributed by atoms with Crippen LogP contribution in [0.2, 0.25) is 0 Å². The molecular formula is C18H23NO4S. The number of hydrogen-bond donors (Lipinski definition) is 1. The zero-order valence-electron chi connectivity index (χ0n) is 14.4. The molecule has 0 aliphatic heterocycles. The Bertz CT molecular complexity index is 785. The fraction of sp³-hybridized carbons (Fsp3) is 0.333. The maximum absolute atomic E-state index is 12.6. The Morgan fingerprint density at radius 2 is 1.79 bits per heavy atom. The van der Waals surface area contributed by atoms with Crippen LogP contribution in [-0.4, -0.2) is 22.1 Å². The molecule has 0 aromatic heterocycles. The van der Waals surface area contributed by atoms with E-state index in [1.54, 1.807) is 44.4 Å². The van der Waals surface area contributed by atoms with Crippen LogP contribution in [0.25, 0.3) is 0 Å². The van der Waals surface area contributed by atoms with Crippen LogP contribution in [0.1, 0.15) is 31.0 Å². The van der Waals surface area contributed by atoms with Crippen molar-refractivity contribution in [3.05, 3.63) is 53.6 Å². The maximum atomic E-state index is 12.6. The van der Waals surface area contributed by atoms with Crippen LogP contribution in [0.4, 0.5) is 0 Å². The number of hydrogen-bond acceptors (Lipinski definition) is 4. The number of sulfonamides is 1. The highest BCUT2D eigenvalue weighted by atomic mass is 32.2. The van der Waals surface area contributed by atoms with Crippen molar-refractivity contribution in [2.24, 2.45) is 0 Å². The van der Waals surface area contributed by atoms with E-state index in [0.717, 1.165) is 16.9 Å². The fourth-order valence-electron chi connectivity index (χ4n) is 2.37. The van der Waals surface area contributed by atoms with Crippen LogP contribution in [0.15, 0.2) is 47.4 Å². The lowest BCUT2D eigenvalue weighted by Crippen LogP contribution is -2.27. The van der Waals surface area contributed by atoms with E-state index >= 15 is 0 Å². The molecular weight excluding hydrogens is 326 g/mol. The van der Waals surface area contributed by atoms with Crippen molar-refractivity contribution in [2.75, 3.05) is 13.7 Å². The van der Waals surface area contributed by atoms with Crippen molar-refractivity contribution in [2.45, 2.75) is 31.7 Å². The second-order valence-electron chi connectivity index (χ2n) is 5.48. The van der Waals surface area contributed by atoms with Crippen molar-refractivity contribution in [3.63, 3.8) is 0 Å². The smallest absolute Gasteiger partial charge is 0.241 e. The van der Waals surface area contributed by atoms with Crippen LogP contribution in [0.3, 0.4) is 0 Å². The normalized spacial score (nSPS) is 12.7. The summed E-state index contributed by atoms with van der Waals surface area (Å²) in [7, 11) is -2.02. The molecule has 24 heavy (non-hydrogen) atoms. The van der Waals surface area contributed by atoms with Crippen LogP contribution in [-0.2, 0) is 10.0 Å². The molecule has 130 valence electrons. The van der Waals surface area contributed by atoms with Crippen LogP contribution in [0, 0.1) is 6.92 Å². The Balaban J connectivity index is 2.19. The van der Waals surface area contributed by atoms with E-state index in [4.69, 9.17) is 9.47 Å². The number of ether oxygens (including phenoxy) is 2. The molecule has 2 aromatic rings. The highest BCUT2D eigenvalue weighted by Crippen LogP contribution is 2.24. The van der Waals surface area contributed by atoms with Gasteiger partial charge in [-0.25, -0.2) is 13.1 Å². The molecule has 0 spiro atoms. The number of nitrogens with one attached hydrogen (secondary N) is 1. The molecule has 0 aliphatic carbocycles. The molecule has 0 fully saturated rings. The van der Waals surface area contributed by atoms with E-state index < -0.39 is 10.0 Å². The molecule has 6 heteroatoms. The van der Waals surface area contributed by atoms with E-state index in [2.05, 4.69) is 4.72 Å². The molecule has 0 heterocycles. The lowest BCUT2D eigenvalue weighted by Gasteiger charge is -2.16. The number of benzene rings is 2. The minimum absolute atomic E-state index is 0.226. The third-order valence-corrected chi connectivity index (χ3v) is 5.24. The van der Waals surface area contributed by atoms with Gasteiger partial charge in [0.05, 0.1) is 18.6 Å². The van der Waals surface area contributed by atoms with E-state index in [1.165, 1.54) is 0 Å². The summed E-state index contributed by atoms with van der Waals surface area (Å²) in [5.74, 6) is 1.43. The lowest BCUT2D eigenvalue weighted by atomic mass is 10.1. The van der Waals surface area contributed by atoms with Gasteiger partial charge in [0.15, 0.2) is 0 Å². The summed E-state index contributed by atoms with van der Waals surface area (Å²) in [6, 6.07) is 11.8. The van der Waals surface area contributed by atoms with E-state index in [0.29, 0.717) is 12.4 Å². The zero-order valence-corrected chi connectivity index (χ0v) is 15.2. The van der Waals surface area contributed by atoms with Crippen LogP contribution in [0.5, 0.6) is 11.5 Å². The number of rotatable bonds is 7. The third-order valence-electron chi connectivity index (χ3n) is 3.70. The van der Waals surface area contributed by atoms with Crippen molar-refractivity contribution < 1.29 is 17.9 Å². The summed E-state index contributed by atoms with van der Waals surface area (Å²) in [5, 5.41) is 0. The summed E-state index contributed by atoms with van der Waals surface area (Å²) in [5.41, 5.74) is 1.65. The molecule has 5 nitrogen and oxygen atoms in total.